The molecule has 0 saturated carbocycles. The van der Waals surface area contributed by atoms with Crippen molar-refractivity contribution in [1.29, 1.82) is 0 Å². The van der Waals surface area contributed by atoms with E-state index >= 15 is 0 Å². The number of rotatable bonds is 5. The van der Waals surface area contributed by atoms with Gasteiger partial charge in [-0.1, -0.05) is 29.3 Å². The molecule has 1 aromatic carbocycles. The van der Waals surface area contributed by atoms with Gasteiger partial charge in [-0.3, -0.25) is 4.79 Å². The molecule has 2 rings (SSSR count). The molecule has 106 valence electrons. The molecule has 2 aromatic rings. The average molecular weight is 330 g/mol. The van der Waals surface area contributed by atoms with Crippen molar-refractivity contribution in [3.05, 3.63) is 50.6 Å². The van der Waals surface area contributed by atoms with Gasteiger partial charge in [0.05, 0.1) is 6.04 Å². The van der Waals surface area contributed by atoms with Crippen molar-refractivity contribution in [3.63, 3.8) is 0 Å². The van der Waals surface area contributed by atoms with Crippen LogP contribution in [0, 0.1) is 0 Å². The van der Waals surface area contributed by atoms with Gasteiger partial charge in [0.2, 0.25) is 0 Å². The van der Waals surface area contributed by atoms with Gasteiger partial charge in [0.15, 0.2) is 6.61 Å². The highest BCUT2D eigenvalue weighted by atomic mass is 35.5. The number of carbonyl (C=O) groups is 1. The molecule has 0 unspecified atom stereocenters. The van der Waals surface area contributed by atoms with Gasteiger partial charge >= 0.3 is 0 Å². The summed E-state index contributed by atoms with van der Waals surface area (Å²) in [6.07, 6.45) is 0. The molecule has 6 heteroatoms. The third kappa shape index (κ3) is 4.40. The zero-order valence-corrected chi connectivity index (χ0v) is 13.1. The molecule has 0 spiro atoms. The van der Waals surface area contributed by atoms with Gasteiger partial charge in [0, 0.05) is 14.9 Å². The first-order valence-electron chi connectivity index (χ1n) is 5.96. The first-order valence-corrected chi connectivity index (χ1v) is 7.60. The fourth-order valence-electron chi connectivity index (χ4n) is 1.65. The minimum atomic E-state index is -0.193. The quantitative estimate of drug-likeness (QED) is 0.887. The summed E-state index contributed by atoms with van der Waals surface area (Å²) in [5, 5.41) is 5.78. The Balaban J connectivity index is 1.86. The van der Waals surface area contributed by atoms with E-state index in [9.17, 15) is 4.79 Å². The Morgan fingerprint density at radius 3 is 2.65 bits per heavy atom. The van der Waals surface area contributed by atoms with Crippen LogP contribution >= 0.6 is 34.5 Å². The molecule has 1 aromatic heterocycles. The maximum atomic E-state index is 11.8. The zero-order chi connectivity index (χ0) is 14.5. The lowest BCUT2D eigenvalue weighted by atomic mass is 10.3. The Kier molecular flexibility index (Phi) is 5.29. The van der Waals surface area contributed by atoms with Crippen molar-refractivity contribution in [1.82, 2.24) is 5.32 Å². The number of hydrogen-bond acceptors (Lipinski definition) is 3. The second-order valence-electron chi connectivity index (χ2n) is 4.20. The normalized spacial score (nSPS) is 11.9. The van der Waals surface area contributed by atoms with E-state index in [2.05, 4.69) is 5.32 Å². The SMILES string of the molecule is C[C@@H](NC(=O)COc1cc(Cl)cc(Cl)c1)c1cccs1. The van der Waals surface area contributed by atoms with Crippen LogP contribution in [0.5, 0.6) is 5.75 Å². The molecule has 0 fully saturated rings. The molecule has 0 radical (unpaired) electrons. The maximum absolute atomic E-state index is 11.8. The van der Waals surface area contributed by atoms with Crippen molar-refractivity contribution < 1.29 is 9.53 Å². The molecule has 1 N–H and O–H groups in total. The Morgan fingerprint density at radius 1 is 1.35 bits per heavy atom. The fraction of sp³-hybridized carbons (Fsp3) is 0.214. The van der Waals surface area contributed by atoms with Crippen molar-refractivity contribution >= 4 is 40.4 Å². The van der Waals surface area contributed by atoms with Crippen molar-refractivity contribution in [2.45, 2.75) is 13.0 Å². The second kappa shape index (κ2) is 6.97. The summed E-state index contributed by atoms with van der Waals surface area (Å²) < 4.78 is 5.37. The summed E-state index contributed by atoms with van der Waals surface area (Å²) in [5.74, 6) is 0.281. The first kappa shape index (κ1) is 15.2. The Labute approximate surface area is 131 Å². The van der Waals surface area contributed by atoms with E-state index in [1.165, 1.54) is 0 Å². The monoisotopic (exact) mass is 329 g/mol. The average Bonchev–Trinajstić information content (AvgIpc) is 2.89. The summed E-state index contributed by atoms with van der Waals surface area (Å²) in [7, 11) is 0. The number of amides is 1. The number of carbonyl (C=O) groups excluding carboxylic acids is 1. The molecule has 1 heterocycles. The van der Waals surface area contributed by atoms with Gasteiger partial charge in [-0.05, 0) is 36.6 Å². The first-order chi connectivity index (χ1) is 9.54. The number of halogens is 2. The minimum absolute atomic E-state index is 0.0333. The van der Waals surface area contributed by atoms with Gasteiger partial charge in [-0.25, -0.2) is 0 Å². The molecule has 0 aliphatic carbocycles. The van der Waals surface area contributed by atoms with Crippen LogP contribution in [0.25, 0.3) is 0 Å². The van der Waals surface area contributed by atoms with E-state index in [1.807, 2.05) is 24.4 Å². The molecule has 1 amide bonds. The Morgan fingerprint density at radius 2 is 2.05 bits per heavy atom. The van der Waals surface area contributed by atoms with Crippen LogP contribution in [-0.4, -0.2) is 12.5 Å². The second-order valence-corrected chi connectivity index (χ2v) is 6.05. The van der Waals surface area contributed by atoms with Crippen LogP contribution < -0.4 is 10.1 Å². The smallest absolute Gasteiger partial charge is 0.258 e. The zero-order valence-electron chi connectivity index (χ0n) is 10.7. The van der Waals surface area contributed by atoms with Crippen molar-refractivity contribution in [3.8, 4) is 5.75 Å². The van der Waals surface area contributed by atoms with E-state index in [4.69, 9.17) is 27.9 Å². The van der Waals surface area contributed by atoms with E-state index in [1.54, 1.807) is 29.5 Å². The standard InChI is InChI=1S/C14H13Cl2NO2S/c1-9(13-3-2-4-20-13)17-14(18)8-19-12-6-10(15)5-11(16)7-12/h2-7,9H,8H2,1H3,(H,17,18)/t9-/m1/s1. The van der Waals surface area contributed by atoms with Crippen LogP contribution in [0.1, 0.15) is 17.8 Å². The number of thiophene rings is 1. The summed E-state index contributed by atoms with van der Waals surface area (Å²) >= 11 is 13.3. The van der Waals surface area contributed by atoms with E-state index in [0.29, 0.717) is 15.8 Å². The third-order valence-corrected chi connectivity index (χ3v) is 4.04. The summed E-state index contributed by atoms with van der Waals surface area (Å²) in [5.41, 5.74) is 0. The largest absolute Gasteiger partial charge is 0.484 e. The molecule has 0 bridgehead atoms. The molecule has 1 atom stereocenters. The maximum Gasteiger partial charge on any atom is 0.258 e. The van der Waals surface area contributed by atoms with Crippen LogP contribution in [0.3, 0.4) is 0 Å². The van der Waals surface area contributed by atoms with Crippen LogP contribution in [0.2, 0.25) is 10.0 Å². The minimum Gasteiger partial charge on any atom is -0.484 e. The number of hydrogen-bond donors (Lipinski definition) is 1. The summed E-state index contributed by atoms with van der Waals surface area (Å²) in [4.78, 5) is 12.9. The van der Waals surface area contributed by atoms with E-state index in [0.717, 1.165) is 4.88 Å². The van der Waals surface area contributed by atoms with Crippen LogP contribution in [0.4, 0.5) is 0 Å². The van der Waals surface area contributed by atoms with E-state index < -0.39 is 0 Å². The molecule has 0 aliphatic heterocycles. The molecular formula is C14H13Cl2NO2S. The van der Waals surface area contributed by atoms with Crippen LogP contribution in [-0.2, 0) is 4.79 Å². The number of nitrogens with one attached hydrogen (secondary N) is 1. The lowest BCUT2D eigenvalue weighted by Crippen LogP contribution is -2.30. The molecule has 0 aliphatic rings. The lowest BCUT2D eigenvalue weighted by molar-refractivity contribution is -0.123. The number of benzene rings is 1. The van der Waals surface area contributed by atoms with Gasteiger partial charge in [-0.15, -0.1) is 11.3 Å². The predicted octanol–water partition coefficient (Wildman–Crippen LogP) is 4.31. The predicted molar refractivity (Wildman–Crippen MR) is 82.8 cm³/mol. The molecular weight excluding hydrogens is 317 g/mol. The van der Waals surface area contributed by atoms with Crippen molar-refractivity contribution in [2.75, 3.05) is 6.61 Å². The van der Waals surface area contributed by atoms with Gasteiger partial charge in [-0.2, -0.15) is 0 Å². The van der Waals surface area contributed by atoms with Gasteiger partial charge in [0.25, 0.3) is 5.91 Å². The van der Waals surface area contributed by atoms with Crippen molar-refractivity contribution in [2.24, 2.45) is 0 Å². The highest BCUT2D eigenvalue weighted by molar-refractivity contribution is 7.10. The van der Waals surface area contributed by atoms with Gasteiger partial charge in [0.1, 0.15) is 5.75 Å². The number of ether oxygens (including phenoxy) is 1. The highest BCUT2D eigenvalue weighted by Gasteiger charge is 2.11. The fourth-order valence-corrected chi connectivity index (χ4v) is 2.89. The van der Waals surface area contributed by atoms with E-state index in [-0.39, 0.29) is 18.6 Å². The molecule has 0 saturated heterocycles. The Bertz CT molecular complexity index is 567. The topological polar surface area (TPSA) is 38.3 Å². The summed E-state index contributed by atoms with van der Waals surface area (Å²) in [6, 6.07) is 8.73. The lowest BCUT2D eigenvalue weighted by Gasteiger charge is -2.13. The van der Waals surface area contributed by atoms with Crippen LogP contribution in [0.15, 0.2) is 35.7 Å². The molecule has 20 heavy (non-hydrogen) atoms. The summed E-state index contributed by atoms with van der Waals surface area (Å²) in [6.45, 7) is 1.85. The highest BCUT2D eigenvalue weighted by Crippen LogP contribution is 2.24. The van der Waals surface area contributed by atoms with Gasteiger partial charge < -0.3 is 10.1 Å². The molecule has 3 nitrogen and oxygen atoms in total. The third-order valence-electron chi connectivity index (χ3n) is 2.55. The Hall–Kier alpha value is -1.23.